The van der Waals surface area contributed by atoms with E-state index < -0.39 is 0 Å². The maximum absolute atomic E-state index is 6.31. The number of hydrogen-bond donors (Lipinski definition) is 1. The van der Waals surface area contributed by atoms with Gasteiger partial charge in [-0.15, -0.1) is 11.3 Å². The highest BCUT2D eigenvalue weighted by Crippen LogP contribution is 2.31. The zero-order valence-corrected chi connectivity index (χ0v) is 12.5. The quantitative estimate of drug-likeness (QED) is 0.884. The highest BCUT2D eigenvalue weighted by Gasteiger charge is 2.16. The molecule has 2 aromatic rings. The van der Waals surface area contributed by atoms with Crippen LogP contribution in [0, 0.1) is 0 Å². The topological polar surface area (TPSA) is 41.1 Å². The molecule has 0 bridgehead atoms. The van der Waals surface area contributed by atoms with Gasteiger partial charge < -0.3 is 10.2 Å². The van der Waals surface area contributed by atoms with Crippen LogP contribution in [0.3, 0.4) is 0 Å². The number of nitrogens with zero attached hydrogens (tertiary/aromatic N) is 3. The van der Waals surface area contributed by atoms with E-state index in [4.69, 9.17) is 11.6 Å². The van der Waals surface area contributed by atoms with E-state index in [-0.39, 0.29) is 0 Å². The molecule has 4 nitrogen and oxygen atoms in total. The summed E-state index contributed by atoms with van der Waals surface area (Å²) in [5.74, 6) is 0.767. The molecular formula is C13H17ClN4S. The van der Waals surface area contributed by atoms with Crippen LogP contribution in [-0.4, -0.2) is 36.1 Å². The Bertz CT molecular complexity index is 577. The van der Waals surface area contributed by atoms with E-state index in [9.17, 15) is 0 Å². The van der Waals surface area contributed by atoms with Crippen LogP contribution in [-0.2, 0) is 6.42 Å². The second-order valence-electron chi connectivity index (χ2n) is 4.73. The molecular weight excluding hydrogens is 280 g/mol. The van der Waals surface area contributed by atoms with Gasteiger partial charge in [0, 0.05) is 36.4 Å². The van der Waals surface area contributed by atoms with E-state index >= 15 is 0 Å². The van der Waals surface area contributed by atoms with Gasteiger partial charge in [-0.2, -0.15) is 0 Å². The average molecular weight is 297 g/mol. The number of thiophene rings is 1. The first-order valence-electron chi connectivity index (χ1n) is 6.69. The van der Waals surface area contributed by atoms with Gasteiger partial charge in [0.25, 0.3) is 0 Å². The minimum absolute atomic E-state index is 0.581. The standard InChI is InChI=1S/C13H17ClN4S/c1-2-3-9-8-10-11(14)16-13(17-12(10)19-9)18-6-4-15-5-7-18/h8,15H,2-7H2,1H3. The Kier molecular flexibility index (Phi) is 3.86. The minimum Gasteiger partial charge on any atom is -0.338 e. The first-order chi connectivity index (χ1) is 9.28. The largest absolute Gasteiger partial charge is 0.338 e. The molecule has 1 fully saturated rings. The molecule has 0 aliphatic carbocycles. The summed E-state index contributed by atoms with van der Waals surface area (Å²) in [7, 11) is 0. The van der Waals surface area contributed by atoms with Crippen molar-refractivity contribution >= 4 is 39.1 Å². The first kappa shape index (κ1) is 13.1. The Morgan fingerprint density at radius 1 is 1.37 bits per heavy atom. The molecule has 0 aromatic carbocycles. The predicted octanol–water partition coefficient (Wildman–Crippen LogP) is 2.71. The molecule has 0 amide bonds. The summed E-state index contributed by atoms with van der Waals surface area (Å²) in [6.07, 6.45) is 2.23. The molecule has 102 valence electrons. The molecule has 0 radical (unpaired) electrons. The fourth-order valence-electron chi connectivity index (χ4n) is 2.30. The van der Waals surface area contributed by atoms with Gasteiger partial charge >= 0.3 is 0 Å². The normalized spacial score (nSPS) is 16.2. The van der Waals surface area contributed by atoms with Gasteiger partial charge in [0.2, 0.25) is 5.95 Å². The van der Waals surface area contributed by atoms with E-state index in [1.165, 1.54) is 4.88 Å². The summed E-state index contributed by atoms with van der Waals surface area (Å²) in [5.41, 5.74) is 0. The maximum atomic E-state index is 6.31. The third kappa shape index (κ3) is 2.68. The molecule has 1 aliphatic rings. The highest BCUT2D eigenvalue weighted by molar-refractivity contribution is 7.18. The van der Waals surface area contributed by atoms with Gasteiger partial charge in [-0.05, 0) is 12.5 Å². The van der Waals surface area contributed by atoms with Crippen molar-refractivity contribution in [3.05, 3.63) is 16.1 Å². The molecule has 1 aliphatic heterocycles. The number of anilines is 1. The summed E-state index contributed by atoms with van der Waals surface area (Å²) in [6, 6.07) is 2.13. The number of hydrogen-bond acceptors (Lipinski definition) is 5. The van der Waals surface area contributed by atoms with E-state index in [1.54, 1.807) is 11.3 Å². The lowest BCUT2D eigenvalue weighted by molar-refractivity contribution is 0.580. The van der Waals surface area contributed by atoms with Crippen molar-refractivity contribution in [3.63, 3.8) is 0 Å². The number of piperazine rings is 1. The number of rotatable bonds is 3. The number of fused-ring (bicyclic) bond motifs is 1. The molecule has 1 saturated heterocycles. The number of aryl methyl sites for hydroxylation is 1. The van der Waals surface area contributed by atoms with Crippen LogP contribution in [0.1, 0.15) is 18.2 Å². The van der Waals surface area contributed by atoms with E-state index in [1.807, 2.05) is 0 Å². The lowest BCUT2D eigenvalue weighted by atomic mass is 10.2. The van der Waals surface area contributed by atoms with Crippen molar-refractivity contribution in [1.82, 2.24) is 15.3 Å². The van der Waals surface area contributed by atoms with Crippen molar-refractivity contribution in [1.29, 1.82) is 0 Å². The molecule has 0 unspecified atom stereocenters. The molecule has 0 atom stereocenters. The highest BCUT2D eigenvalue weighted by atomic mass is 35.5. The van der Waals surface area contributed by atoms with Crippen LogP contribution in [0.5, 0.6) is 0 Å². The molecule has 0 saturated carbocycles. The summed E-state index contributed by atoms with van der Waals surface area (Å²) in [6.45, 7) is 6.02. The Labute approximate surface area is 121 Å². The molecule has 3 rings (SSSR count). The maximum Gasteiger partial charge on any atom is 0.228 e. The molecule has 1 N–H and O–H groups in total. The van der Waals surface area contributed by atoms with Crippen LogP contribution in [0.15, 0.2) is 6.07 Å². The van der Waals surface area contributed by atoms with Crippen LogP contribution in [0.25, 0.3) is 10.2 Å². The number of nitrogens with one attached hydrogen (secondary N) is 1. The number of halogens is 1. The van der Waals surface area contributed by atoms with Crippen LogP contribution in [0.2, 0.25) is 5.15 Å². The van der Waals surface area contributed by atoms with Gasteiger partial charge in [-0.3, -0.25) is 0 Å². The van der Waals surface area contributed by atoms with Gasteiger partial charge in [-0.1, -0.05) is 24.9 Å². The fourth-order valence-corrected chi connectivity index (χ4v) is 3.70. The Balaban J connectivity index is 1.97. The van der Waals surface area contributed by atoms with Crippen molar-refractivity contribution < 1.29 is 0 Å². The van der Waals surface area contributed by atoms with Crippen molar-refractivity contribution in [2.24, 2.45) is 0 Å². The number of aromatic nitrogens is 2. The average Bonchev–Trinajstić information content (AvgIpc) is 2.83. The summed E-state index contributed by atoms with van der Waals surface area (Å²) >= 11 is 8.04. The van der Waals surface area contributed by atoms with Crippen LogP contribution >= 0.6 is 22.9 Å². The monoisotopic (exact) mass is 296 g/mol. The van der Waals surface area contributed by atoms with Gasteiger partial charge in [0.1, 0.15) is 9.98 Å². The second-order valence-corrected chi connectivity index (χ2v) is 6.21. The molecule has 2 aromatic heterocycles. The molecule has 3 heterocycles. The van der Waals surface area contributed by atoms with Crippen LogP contribution in [0.4, 0.5) is 5.95 Å². The third-order valence-corrected chi connectivity index (χ3v) is 4.66. The molecule has 19 heavy (non-hydrogen) atoms. The Morgan fingerprint density at radius 2 is 2.16 bits per heavy atom. The Hall–Kier alpha value is -0.910. The smallest absolute Gasteiger partial charge is 0.228 e. The third-order valence-electron chi connectivity index (χ3n) is 3.28. The molecule has 6 heteroatoms. The summed E-state index contributed by atoms with van der Waals surface area (Å²) in [4.78, 5) is 13.7. The summed E-state index contributed by atoms with van der Waals surface area (Å²) in [5, 5.41) is 4.90. The van der Waals surface area contributed by atoms with E-state index in [0.717, 1.165) is 55.2 Å². The van der Waals surface area contributed by atoms with Crippen molar-refractivity contribution in [2.75, 3.05) is 31.1 Å². The van der Waals surface area contributed by atoms with E-state index in [2.05, 4.69) is 33.2 Å². The predicted molar refractivity (Wildman–Crippen MR) is 81.5 cm³/mol. The van der Waals surface area contributed by atoms with Crippen molar-refractivity contribution in [3.8, 4) is 0 Å². The van der Waals surface area contributed by atoms with E-state index in [0.29, 0.717) is 5.15 Å². The van der Waals surface area contributed by atoms with Gasteiger partial charge in [0.05, 0.1) is 0 Å². The van der Waals surface area contributed by atoms with Gasteiger partial charge in [-0.25, -0.2) is 9.97 Å². The zero-order valence-electron chi connectivity index (χ0n) is 10.9. The zero-order chi connectivity index (χ0) is 13.2. The summed E-state index contributed by atoms with van der Waals surface area (Å²) < 4.78 is 0. The Morgan fingerprint density at radius 3 is 2.89 bits per heavy atom. The van der Waals surface area contributed by atoms with Crippen molar-refractivity contribution in [2.45, 2.75) is 19.8 Å². The lowest BCUT2D eigenvalue weighted by Gasteiger charge is -2.27. The second kappa shape index (κ2) is 5.61. The molecule has 0 spiro atoms. The fraction of sp³-hybridized carbons (Fsp3) is 0.538. The lowest BCUT2D eigenvalue weighted by Crippen LogP contribution is -2.44. The minimum atomic E-state index is 0.581. The first-order valence-corrected chi connectivity index (χ1v) is 7.89. The van der Waals surface area contributed by atoms with Crippen LogP contribution < -0.4 is 10.2 Å². The SMILES string of the molecule is CCCc1cc2c(Cl)nc(N3CCNCC3)nc2s1. The van der Waals surface area contributed by atoms with Gasteiger partial charge in [0.15, 0.2) is 0 Å².